The molecule has 0 atom stereocenters. The molecular weight excluding hydrogens is 635 g/mol. The van der Waals surface area contributed by atoms with Gasteiger partial charge in [0.15, 0.2) is 0 Å². The summed E-state index contributed by atoms with van der Waals surface area (Å²) in [5, 5.41) is 4.67. The van der Waals surface area contributed by atoms with Crippen molar-refractivity contribution in [3.63, 3.8) is 0 Å². The molecule has 52 heavy (non-hydrogen) atoms. The van der Waals surface area contributed by atoms with Gasteiger partial charge >= 0.3 is 0 Å². The summed E-state index contributed by atoms with van der Waals surface area (Å²) in [6, 6.07) is 51.6. The number of furan rings is 1. The number of allylic oxidation sites excluding steroid dienone is 4. The fourth-order valence-corrected chi connectivity index (χ4v) is 7.71. The monoisotopic (exact) mass is 667 g/mol. The molecule has 0 N–H and O–H groups in total. The van der Waals surface area contributed by atoms with Gasteiger partial charge in [0.05, 0.1) is 28.6 Å². The summed E-state index contributed by atoms with van der Waals surface area (Å²) in [5.74, 6) is 0. The second kappa shape index (κ2) is 12.1. The molecule has 3 aromatic heterocycles. The highest BCUT2D eigenvalue weighted by molar-refractivity contribution is 6.10. The number of hydrogen-bond acceptors (Lipinski definition) is 3. The van der Waals surface area contributed by atoms with E-state index in [1.165, 1.54) is 27.4 Å². The van der Waals surface area contributed by atoms with E-state index in [0.717, 1.165) is 73.5 Å². The zero-order valence-corrected chi connectivity index (χ0v) is 28.4. The van der Waals surface area contributed by atoms with Crippen molar-refractivity contribution in [2.45, 2.75) is 6.42 Å². The van der Waals surface area contributed by atoms with E-state index < -0.39 is 0 Å². The molecule has 0 saturated heterocycles. The van der Waals surface area contributed by atoms with E-state index >= 15 is 0 Å². The van der Waals surface area contributed by atoms with Crippen LogP contribution in [0, 0.1) is 0 Å². The molecule has 1 aliphatic rings. The van der Waals surface area contributed by atoms with Crippen LogP contribution in [0.1, 0.15) is 5.56 Å². The molecule has 0 saturated carbocycles. The largest absolute Gasteiger partial charge is 0.456 e. The molecule has 1 aliphatic heterocycles. The van der Waals surface area contributed by atoms with Crippen molar-refractivity contribution < 1.29 is 4.42 Å². The molecule has 4 nitrogen and oxygen atoms in total. The quantitative estimate of drug-likeness (QED) is 0.187. The van der Waals surface area contributed by atoms with Gasteiger partial charge in [0.25, 0.3) is 0 Å². The molecule has 0 aliphatic carbocycles. The van der Waals surface area contributed by atoms with Crippen molar-refractivity contribution in [1.82, 2.24) is 9.55 Å². The Labute approximate surface area is 301 Å². The summed E-state index contributed by atoms with van der Waals surface area (Å²) in [7, 11) is 0. The number of rotatable bonds is 4. The summed E-state index contributed by atoms with van der Waals surface area (Å²) in [6.45, 7) is 4.39. The number of fused-ring (bicyclic) bond motifs is 7. The van der Waals surface area contributed by atoms with Crippen molar-refractivity contribution >= 4 is 55.1 Å². The SMILES string of the molecule is C=C1/C=C\C=C/Cc2cc(-c3ccc4oc5ccc(-c6cccc(-n7c8ccccc8c8ccccc87)c6)cc5c4c3)ncc2N1c1ccccc1. The molecule has 4 heteroatoms. The van der Waals surface area contributed by atoms with E-state index in [0.29, 0.717) is 0 Å². The smallest absolute Gasteiger partial charge is 0.135 e. The van der Waals surface area contributed by atoms with Gasteiger partial charge in [-0.2, -0.15) is 0 Å². The van der Waals surface area contributed by atoms with Crippen molar-refractivity contribution in [2.24, 2.45) is 0 Å². The highest BCUT2D eigenvalue weighted by Gasteiger charge is 2.19. The molecular formula is C48H33N3O. The fourth-order valence-electron chi connectivity index (χ4n) is 7.71. The van der Waals surface area contributed by atoms with E-state index in [1.807, 2.05) is 24.4 Å². The number of anilines is 2. The van der Waals surface area contributed by atoms with Crippen LogP contribution in [0.15, 0.2) is 193 Å². The van der Waals surface area contributed by atoms with Gasteiger partial charge < -0.3 is 13.9 Å². The Balaban J connectivity index is 1.06. The van der Waals surface area contributed by atoms with Crippen LogP contribution in [-0.4, -0.2) is 9.55 Å². The van der Waals surface area contributed by atoms with Crippen molar-refractivity contribution in [3.8, 4) is 28.1 Å². The van der Waals surface area contributed by atoms with Crippen molar-refractivity contribution in [2.75, 3.05) is 4.90 Å². The summed E-state index contributed by atoms with van der Waals surface area (Å²) >= 11 is 0. The third-order valence-electron chi connectivity index (χ3n) is 10.2. The minimum atomic E-state index is 0.777. The minimum Gasteiger partial charge on any atom is -0.456 e. The third-order valence-corrected chi connectivity index (χ3v) is 10.2. The van der Waals surface area contributed by atoms with Crippen LogP contribution >= 0.6 is 0 Å². The first kappa shape index (κ1) is 30.0. The van der Waals surface area contributed by atoms with Gasteiger partial charge in [0.2, 0.25) is 0 Å². The lowest BCUT2D eigenvalue weighted by atomic mass is 10.00. The van der Waals surface area contributed by atoms with Gasteiger partial charge in [0.1, 0.15) is 11.2 Å². The van der Waals surface area contributed by atoms with Crippen molar-refractivity contribution in [3.05, 3.63) is 194 Å². The normalized spacial score (nSPS) is 14.4. The standard InChI is InChI=1S/C48H33N3O/c1-32-13-4-2-5-14-36-30-43(49-31-46(36)50(32)37-16-6-3-7-17-37)35-24-26-48-42(29-35)41-28-34(23-25-47(41)52-48)33-15-12-18-38(27-33)51-44-21-10-8-19-39(44)40-20-9-11-22-45(40)51/h2-13,15-31H,1,14H2/b5-2-,13-4-. The summed E-state index contributed by atoms with van der Waals surface area (Å²) < 4.78 is 8.73. The Hall–Kier alpha value is -6.91. The first-order chi connectivity index (χ1) is 25.7. The first-order valence-corrected chi connectivity index (χ1v) is 17.6. The van der Waals surface area contributed by atoms with E-state index in [9.17, 15) is 0 Å². The molecule has 246 valence electrons. The van der Waals surface area contributed by atoms with E-state index in [1.54, 1.807) is 0 Å². The van der Waals surface area contributed by atoms with Crippen LogP contribution in [0.5, 0.6) is 0 Å². The zero-order valence-electron chi connectivity index (χ0n) is 28.4. The Morgan fingerprint density at radius 3 is 1.98 bits per heavy atom. The lowest BCUT2D eigenvalue weighted by molar-refractivity contribution is 0.669. The average Bonchev–Trinajstić information content (AvgIpc) is 3.75. The van der Waals surface area contributed by atoms with Crippen LogP contribution < -0.4 is 4.90 Å². The lowest BCUT2D eigenvalue weighted by Gasteiger charge is -2.27. The molecule has 0 bridgehead atoms. The number of aromatic nitrogens is 2. The van der Waals surface area contributed by atoms with E-state index in [4.69, 9.17) is 9.40 Å². The molecule has 0 spiro atoms. The summed E-state index contributed by atoms with van der Waals surface area (Å²) in [5.41, 5.74) is 13.7. The predicted octanol–water partition coefficient (Wildman–Crippen LogP) is 12.7. The van der Waals surface area contributed by atoms with Gasteiger partial charge in [-0.05, 0) is 102 Å². The highest BCUT2D eigenvalue weighted by Crippen LogP contribution is 2.39. The maximum atomic E-state index is 6.37. The number of hydrogen-bond donors (Lipinski definition) is 0. The molecule has 4 heterocycles. The second-order valence-electron chi connectivity index (χ2n) is 13.3. The zero-order chi connectivity index (χ0) is 34.6. The number of benzene rings is 6. The highest BCUT2D eigenvalue weighted by atomic mass is 16.3. The summed E-state index contributed by atoms with van der Waals surface area (Å²) in [4.78, 5) is 7.21. The third kappa shape index (κ3) is 4.96. The molecule has 10 rings (SSSR count). The van der Waals surface area contributed by atoms with E-state index in [-0.39, 0.29) is 0 Å². The van der Waals surface area contributed by atoms with Gasteiger partial charge in [-0.25, -0.2) is 0 Å². The maximum absolute atomic E-state index is 6.37. The van der Waals surface area contributed by atoms with Crippen LogP contribution in [0.25, 0.3) is 71.8 Å². The molecule has 0 amide bonds. The van der Waals surface area contributed by atoms with E-state index in [2.05, 4.69) is 168 Å². The number of pyridine rings is 1. The first-order valence-electron chi connectivity index (χ1n) is 17.6. The number of para-hydroxylation sites is 3. The van der Waals surface area contributed by atoms with Crippen LogP contribution in [0.2, 0.25) is 0 Å². The Morgan fingerprint density at radius 1 is 0.558 bits per heavy atom. The Bertz CT molecular complexity index is 2850. The van der Waals surface area contributed by atoms with Crippen LogP contribution in [-0.2, 0) is 6.42 Å². The van der Waals surface area contributed by atoms with Gasteiger partial charge in [-0.15, -0.1) is 0 Å². The van der Waals surface area contributed by atoms with Gasteiger partial charge in [-0.1, -0.05) is 97.6 Å². The molecule has 9 aromatic rings. The Morgan fingerprint density at radius 2 is 1.21 bits per heavy atom. The van der Waals surface area contributed by atoms with Crippen LogP contribution in [0.3, 0.4) is 0 Å². The summed E-state index contributed by atoms with van der Waals surface area (Å²) in [6.07, 6.45) is 11.1. The lowest BCUT2D eigenvalue weighted by Crippen LogP contribution is -2.16. The van der Waals surface area contributed by atoms with Gasteiger partial charge in [-0.3, -0.25) is 4.98 Å². The average molecular weight is 668 g/mol. The number of nitrogens with zero attached hydrogens (tertiary/aromatic N) is 3. The predicted molar refractivity (Wildman–Crippen MR) is 216 cm³/mol. The molecule has 0 fully saturated rings. The van der Waals surface area contributed by atoms with Crippen LogP contribution in [0.4, 0.5) is 11.4 Å². The minimum absolute atomic E-state index is 0.777. The molecule has 0 radical (unpaired) electrons. The Kier molecular flexibility index (Phi) is 7.00. The van der Waals surface area contributed by atoms with Crippen molar-refractivity contribution in [1.29, 1.82) is 0 Å². The fraction of sp³-hybridized carbons (Fsp3) is 0.0208. The van der Waals surface area contributed by atoms with Gasteiger partial charge in [0, 0.05) is 44.2 Å². The molecule has 0 unspecified atom stereocenters. The maximum Gasteiger partial charge on any atom is 0.135 e. The topological polar surface area (TPSA) is 34.2 Å². The molecule has 6 aromatic carbocycles. The second-order valence-corrected chi connectivity index (χ2v) is 13.3.